The number of rotatable bonds is 14. The van der Waals surface area contributed by atoms with Gasteiger partial charge in [0.05, 0.1) is 21.5 Å². The van der Waals surface area contributed by atoms with E-state index in [4.69, 9.17) is 16.3 Å². The minimum absolute atomic E-state index is 0.0275. The average molecular weight is 801 g/mol. The van der Waals surface area contributed by atoms with Gasteiger partial charge in [-0.2, -0.15) is 0 Å². The van der Waals surface area contributed by atoms with Gasteiger partial charge < -0.3 is 30.2 Å². The maximum atomic E-state index is 13.4. The third-order valence-electron chi connectivity index (χ3n) is 11.3. The summed E-state index contributed by atoms with van der Waals surface area (Å²) in [4.78, 5) is 32.3. The summed E-state index contributed by atoms with van der Waals surface area (Å²) >= 11 is 9.23. The van der Waals surface area contributed by atoms with E-state index < -0.39 is 12.0 Å². The Morgan fingerprint density at radius 1 is 1.11 bits per heavy atom. The lowest BCUT2D eigenvalue weighted by Gasteiger charge is -2.34. The number of nitrogens with zero attached hydrogens (tertiary/aromatic N) is 4. The molecule has 0 radical (unpaired) electrons. The molecule has 6 aromatic rings. The van der Waals surface area contributed by atoms with E-state index in [0.29, 0.717) is 39.9 Å². The van der Waals surface area contributed by atoms with Gasteiger partial charge in [-0.15, -0.1) is 27.8 Å². The van der Waals surface area contributed by atoms with Gasteiger partial charge in [-0.3, -0.25) is 9.59 Å². The van der Waals surface area contributed by atoms with Gasteiger partial charge in [0, 0.05) is 46.9 Å². The van der Waals surface area contributed by atoms with Gasteiger partial charge in [-0.1, -0.05) is 28.9 Å². The first-order valence-corrected chi connectivity index (χ1v) is 21.1. The maximum Gasteiger partial charge on any atom is 0.319 e. The molecule has 2 aromatic carbocycles. The number of fused-ring (bicyclic) bond motifs is 4. The highest BCUT2D eigenvalue weighted by Gasteiger charge is 2.32. The fourth-order valence-electron chi connectivity index (χ4n) is 8.46. The number of H-pyrrole nitrogens is 1. The van der Waals surface area contributed by atoms with Crippen LogP contribution in [0.1, 0.15) is 82.6 Å². The van der Waals surface area contributed by atoms with Crippen molar-refractivity contribution < 1.29 is 19.7 Å². The topological polar surface area (TPSA) is 146 Å². The fraction of sp³-hybridized carbons (Fsp3) is 0.415. The fourth-order valence-corrected chi connectivity index (χ4v) is 10.5. The van der Waals surface area contributed by atoms with Gasteiger partial charge in [0.1, 0.15) is 23.3 Å². The number of aromatic nitrogens is 4. The van der Waals surface area contributed by atoms with Crippen molar-refractivity contribution in [1.82, 2.24) is 30.2 Å². The second kappa shape index (κ2) is 16.5. The molecule has 2 aliphatic carbocycles. The van der Waals surface area contributed by atoms with Crippen molar-refractivity contribution in [2.75, 3.05) is 20.1 Å². The van der Waals surface area contributed by atoms with Gasteiger partial charge in [0.2, 0.25) is 5.56 Å². The number of thiophene rings is 2. The summed E-state index contributed by atoms with van der Waals surface area (Å²) in [5.41, 5.74) is 6.55. The van der Waals surface area contributed by atoms with Gasteiger partial charge >= 0.3 is 5.97 Å². The third kappa shape index (κ3) is 8.09. The molecule has 1 unspecified atom stereocenters. The number of halogens is 1. The molecular weight excluding hydrogens is 756 g/mol. The van der Waals surface area contributed by atoms with Crippen molar-refractivity contribution >= 4 is 62.2 Å². The number of carbonyl (C=O) groups is 1. The van der Waals surface area contributed by atoms with Crippen LogP contribution in [0.15, 0.2) is 64.8 Å². The van der Waals surface area contributed by atoms with Crippen LogP contribution in [0.2, 0.25) is 4.34 Å². The number of nitrogens with one attached hydrogen (secondary N) is 2. The molecule has 288 valence electrons. The summed E-state index contributed by atoms with van der Waals surface area (Å²) in [7, 11) is 2.20. The molecule has 2 atom stereocenters. The van der Waals surface area contributed by atoms with E-state index in [1.165, 1.54) is 40.2 Å². The molecule has 14 heteroatoms. The highest BCUT2D eigenvalue weighted by Crippen LogP contribution is 2.37. The van der Waals surface area contributed by atoms with Crippen molar-refractivity contribution in [3.63, 3.8) is 0 Å². The predicted molar refractivity (Wildman–Crippen MR) is 217 cm³/mol. The molecule has 0 bridgehead atoms. The average Bonchev–Trinajstić information content (AvgIpc) is 4.01. The molecule has 0 aliphatic heterocycles. The third-order valence-corrected chi connectivity index (χ3v) is 13.5. The summed E-state index contributed by atoms with van der Waals surface area (Å²) in [5.74, 6) is -0.643. The molecule has 0 spiro atoms. The number of pyridine rings is 1. The zero-order valence-corrected chi connectivity index (χ0v) is 33.1. The lowest BCUT2D eigenvalue weighted by Crippen LogP contribution is -2.38. The Morgan fingerprint density at radius 2 is 1.95 bits per heavy atom. The largest absolute Gasteiger partial charge is 0.506 e. The van der Waals surface area contributed by atoms with Crippen molar-refractivity contribution in [3.05, 3.63) is 107 Å². The lowest BCUT2D eigenvalue weighted by atomic mass is 9.91. The minimum atomic E-state index is -0.830. The van der Waals surface area contributed by atoms with E-state index in [1.807, 2.05) is 29.6 Å². The van der Waals surface area contributed by atoms with Gasteiger partial charge in [-0.25, -0.2) is 4.68 Å². The standard InChI is InChI=1S/C41H45ClN6O5S2/c1-47(25-8-10-26(11-9-25)53-41(52)38(34-7-3-20-54-34)35-15-16-36(42)55-35)18-4-19-48-40-30-6-2-5-27(30)24(21-31(40)45-46-48)22-43-23-33(50)28-12-14-32(49)39-29(28)13-17-37(51)44-39/h3,7,12-17,20-21,25-26,33,38,43,49-50H,2,4-6,8-11,18-19,22-23H2,1H3,(H,44,51)/t25-,26-,33-,38?/m0/s1. The Bertz CT molecular complexity index is 2350. The van der Waals surface area contributed by atoms with Crippen LogP contribution < -0.4 is 10.9 Å². The van der Waals surface area contributed by atoms with Crippen LogP contribution in [0.5, 0.6) is 5.75 Å². The number of esters is 1. The second-order valence-corrected chi connectivity index (χ2v) is 17.5. The molecule has 8 rings (SSSR count). The van der Waals surface area contributed by atoms with Crippen molar-refractivity contribution in [2.24, 2.45) is 0 Å². The monoisotopic (exact) mass is 800 g/mol. The van der Waals surface area contributed by atoms with Gasteiger partial charge in [0.25, 0.3) is 0 Å². The first-order chi connectivity index (χ1) is 26.7. The molecule has 55 heavy (non-hydrogen) atoms. The number of hydrogen-bond donors (Lipinski definition) is 4. The molecule has 4 N–H and O–H groups in total. The summed E-state index contributed by atoms with van der Waals surface area (Å²) < 4.78 is 8.87. The number of benzene rings is 2. The van der Waals surface area contributed by atoms with E-state index in [0.717, 1.165) is 85.2 Å². The Morgan fingerprint density at radius 3 is 2.73 bits per heavy atom. The summed E-state index contributed by atoms with van der Waals surface area (Å²) in [6.07, 6.45) is 6.83. The molecule has 2 aliphatic rings. The molecule has 4 heterocycles. The number of aliphatic hydroxyl groups is 1. The van der Waals surface area contributed by atoms with Crippen molar-refractivity contribution in [3.8, 4) is 5.75 Å². The summed E-state index contributed by atoms with van der Waals surface area (Å²) in [5, 5.41) is 36.5. The number of hydrogen-bond acceptors (Lipinski definition) is 11. The second-order valence-electron chi connectivity index (χ2n) is 14.8. The van der Waals surface area contributed by atoms with E-state index in [1.54, 1.807) is 23.5 Å². The van der Waals surface area contributed by atoms with E-state index in [-0.39, 0.29) is 23.4 Å². The molecule has 11 nitrogen and oxygen atoms in total. The van der Waals surface area contributed by atoms with E-state index in [2.05, 4.69) is 43.3 Å². The maximum absolute atomic E-state index is 13.4. The van der Waals surface area contributed by atoms with Crippen LogP contribution in [0.3, 0.4) is 0 Å². The molecule has 0 saturated heterocycles. The quantitative estimate of drug-likeness (QED) is 0.0850. The zero-order valence-electron chi connectivity index (χ0n) is 30.7. The van der Waals surface area contributed by atoms with Crippen LogP contribution in [-0.2, 0) is 35.5 Å². The number of phenolic OH excluding ortho intramolecular Hbond substituents is 1. The summed E-state index contributed by atoms with van der Waals surface area (Å²) in [6.45, 7) is 2.61. The summed E-state index contributed by atoms with van der Waals surface area (Å²) in [6, 6.07) is 16.5. The smallest absolute Gasteiger partial charge is 0.319 e. The van der Waals surface area contributed by atoms with Gasteiger partial charge in [0.15, 0.2) is 0 Å². The van der Waals surface area contributed by atoms with Crippen LogP contribution in [0, 0.1) is 0 Å². The van der Waals surface area contributed by atoms with Crippen LogP contribution in [-0.4, -0.2) is 73.3 Å². The number of carbonyl (C=O) groups excluding carboxylic acids is 1. The molecule has 4 aromatic heterocycles. The van der Waals surface area contributed by atoms with E-state index >= 15 is 0 Å². The Kier molecular flexibility index (Phi) is 11.4. The first kappa shape index (κ1) is 37.8. The van der Waals surface area contributed by atoms with Crippen LogP contribution >= 0.6 is 34.3 Å². The van der Waals surface area contributed by atoms with Crippen molar-refractivity contribution in [1.29, 1.82) is 0 Å². The molecule has 1 fully saturated rings. The number of ether oxygens (including phenoxy) is 1. The number of phenols is 1. The highest BCUT2D eigenvalue weighted by atomic mass is 35.5. The Hall–Kier alpha value is -4.11. The van der Waals surface area contributed by atoms with Crippen molar-refractivity contribution in [2.45, 2.75) is 88.6 Å². The Balaban J connectivity index is 0.837. The molecular formula is C41H45ClN6O5S2. The predicted octanol–water partition coefficient (Wildman–Crippen LogP) is 7.08. The first-order valence-electron chi connectivity index (χ1n) is 19.0. The number of aryl methyl sites for hydroxylation is 2. The SMILES string of the molecule is CN(CCCn1nnc2cc(CNC[C@H](O)c3ccc(O)c4[nH]c(=O)ccc34)c3c(c21)CCC3)[C@H]1CC[C@H](OC(=O)C(c2cccs2)c2ccc(Cl)s2)CC1. The zero-order chi connectivity index (χ0) is 38.1. The number of aliphatic hydroxyl groups excluding tert-OH is 1. The molecule has 0 amide bonds. The number of aromatic hydroxyl groups is 1. The van der Waals surface area contributed by atoms with Crippen LogP contribution in [0.4, 0.5) is 0 Å². The van der Waals surface area contributed by atoms with Gasteiger partial charge in [-0.05, 0) is 129 Å². The lowest BCUT2D eigenvalue weighted by molar-refractivity contribution is -0.151. The minimum Gasteiger partial charge on any atom is -0.506 e. The highest BCUT2D eigenvalue weighted by molar-refractivity contribution is 7.16. The Labute approximate surface area is 331 Å². The van der Waals surface area contributed by atoms with E-state index in [9.17, 15) is 19.8 Å². The number of aromatic amines is 1. The molecule has 1 saturated carbocycles. The normalized spacial score (nSPS) is 18.3. The van der Waals surface area contributed by atoms with Crippen LogP contribution in [0.25, 0.3) is 21.9 Å².